The summed E-state index contributed by atoms with van der Waals surface area (Å²) in [4.78, 5) is 25.7. The fourth-order valence-electron chi connectivity index (χ4n) is 3.15. The monoisotopic (exact) mass is 369 g/mol. The normalized spacial score (nSPS) is 15.4. The minimum absolute atomic E-state index is 0.0192. The predicted octanol–water partition coefficient (Wildman–Crippen LogP) is 2.33. The summed E-state index contributed by atoms with van der Waals surface area (Å²) >= 11 is 0. The molecule has 7 heteroatoms. The summed E-state index contributed by atoms with van der Waals surface area (Å²) in [6.45, 7) is 9.35. The molecule has 1 aromatic carbocycles. The second-order valence-corrected chi connectivity index (χ2v) is 6.57. The Balaban J connectivity index is 1.57. The van der Waals surface area contributed by atoms with Gasteiger partial charge in [-0.3, -0.25) is 4.79 Å². The smallest absolute Gasteiger partial charge is 0.263 e. The number of benzene rings is 1. The molecule has 0 bridgehead atoms. The largest absolute Gasteiger partial charge is 0.481 e. The van der Waals surface area contributed by atoms with Gasteiger partial charge in [0.15, 0.2) is 6.10 Å². The summed E-state index contributed by atoms with van der Waals surface area (Å²) in [6, 6.07) is 11.4. The highest BCUT2D eigenvalue weighted by molar-refractivity contribution is 5.81. The minimum Gasteiger partial charge on any atom is -0.481 e. The molecule has 0 aliphatic carbocycles. The zero-order valence-corrected chi connectivity index (χ0v) is 16.2. The highest BCUT2D eigenvalue weighted by Crippen LogP contribution is 2.19. The number of hydrogen-bond acceptors (Lipinski definition) is 6. The van der Waals surface area contributed by atoms with Crippen molar-refractivity contribution in [1.29, 1.82) is 0 Å². The molecule has 144 valence electrons. The number of ether oxygens (including phenoxy) is 1. The molecule has 1 saturated heterocycles. The van der Waals surface area contributed by atoms with Gasteiger partial charge in [0.2, 0.25) is 0 Å². The molecule has 1 amide bonds. The molecule has 1 aliphatic rings. The van der Waals surface area contributed by atoms with Gasteiger partial charge in [-0.25, -0.2) is 9.97 Å². The van der Waals surface area contributed by atoms with Crippen molar-refractivity contribution in [2.24, 2.45) is 0 Å². The van der Waals surface area contributed by atoms with Gasteiger partial charge >= 0.3 is 0 Å². The first-order chi connectivity index (χ1) is 13.1. The van der Waals surface area contributed by atoms with E-state index in [2.05, 4.69) is 20.2 Å². The van der Waals surface area contributed by atoms with Crippen molar-refractivity contribution in [2.45, 2.75) is 26.9 Å². The van der Waals surface area contributed by atoms with Gasteiger partial charge in [0.05, 0.1) is 0 Å². The fraction of sp³-hybridized carbons (Fsp3) is 0.450. The standard InChI is InChI=1S/C20H27N5O2/c1-4-21-18-14-19(23-16(3)22-18)24-10-12-25(13-11-24)20(26)15(2)27-17-8-6-5-7-9-17/h5-9,14-15H,4,10-13H2,1-3H3,(H,21,22,23)/t15-/m1/s1. The topological polar surface area (TPSA) is 70.6 Å². The summed E-state index contributed by atoms with van der Waals surface area (Å²) in [5.74, 6) is 3.21. The van der Waals surface area contributed by atoms with E-state index in [1.807, 2.05) is 55.1 Å². The third kappa shape index (κ3) is 4.87. The zero-order chi connectivity index (χ0) is 19.2. The lowest BCUT2D eigenvalue weighted by atomic mass is 10.2. The van der Waals surface area contributed by atoms with Gasteiger partial charge in [-0.05, 0) is 32.9 Å². The van der Waals surface area contributed by atoms with Crippen molar-refractivity contribution in [1.82, 2.24) is 14.9 Å². The Labute approximate surface area is 160 Å². The Morgan fingerprint density at radius 2 is 1.89 bits per heavy atom. The van der Waals surface area contributed by atoms with Crippen molar-refractivity contribution in [3.05, 3.63) is 42.2 Å². The SMILES string of the molecule is CCNc1cc(N2CCN(C(=O)[C@@H](C)Oc3ccccc3)CC2)nc(C)n1. The molecule has 3 rings (SSSR count). The second-order valence-electron chi connectivity index (χ2n) is 6.57. The van der Waals surface area contributed by atoms with Crippen LogP contribution in [0, 0.1) is 6.92 Å². The van der Waals surface area contributed by atoms with Crippen LogP contribution in [0.5, 0.6) is 5.75 Å². The van der Waals surface area contributed by atoms with Crippen molar-refractivity contribution in [2.75, 3.05) is 42.9 Å². The molecule has 1 aliphatic heterocycles. The van der Waals surface area contributed by atoms with Crippen molar-refractivity contribution in [3.63, 3.8) is 0 Å². The van der Waals surface area contributed by atoms with Gasteiger partial charge in [-0.15, -0.1) is 0 Å². The van der Waals surface area contributed by atoms with Crippen LogP contribution in [0.4, 0.5) is 11.6 Å². The van der Waals surface area contributed by atoms with Crippen LogP contribution in [0.1, 0.15) is 19.7 Å². The Bertz CT molecular complexity index is 760. The summed E-state index contributed by atoms with van der Waals surface area (Å²) in [5, 5.41) is 3.23. The summed E-state index contributed by atoms with van der Waals surface area (Å²) in [6.07, 6.45) is -0.499. The lowest BCUT2D eigenvalue weighted by Crippen LogP contribution is -2.52. The number of amides is 1. The molecule has 0 radical (unpaired) electrons. The number of aromatic nitrogens is 2. The van der Waals surface area contributed by atoms with E-state index >= 15 is 0 Å². The van der Waals surface area contributed by atoms with E-state index in [1.165, 1.54) is 0 Å². The molecule has 1 atom stereocenters. The number of para-hydroxylation sites is 1. The Hall–Kier alpha value is -2.83. The van der Waals surface area contributed by atoms with Gasteiger partial charge < -0.3 is 19.9 Å². The number of piperazine rings is 1. The van der Waals surface area contributed by atoms with Crippen LogP contribution < -0.4 is 15.0 Å². The molecule has 2 heterocycles. The van der Waals surface area contributed by atoms with Crippen LogP contribution in [-0.4, -0.2) is 59.6 Å². The zero-order valence-electron chi connectivity index (χ0n) is 16.2. The van der Waals surface area contributed by atoms with E-state index < -0.39 is 6.10 Å². The number of anilines is 2. The average Bonchev–Trinajstić information content (AvgIpc) is 2.68. The number of carbonyl (C=O) groups excluding carboxylic acids is 1. The second kappa shape index (κ2) is 8.70. The predicted molar refractivity (Wildman–Crippen MR) is 106 cm³/mol. The molecule has 0 saturated carbocycles. The maximum atomic E-state index is 12.7. The van der Waals surface area contributed by atoms with Gasteiger partial charge in [0.25, 0.3) is 5.91 Å². The van der Waals surface area contributed by atoms with Crippen molar-refractivity contribution in [3.8, 4) is 5.75 Å². The first kappa shape index (κ1) is 18.9. The highest BCUT2D eigenvalue weighted by atomic mass is 16.5. The van der Waals surface area contributed by atoms with E-state index in [1.54, 1.807) is 6.92 Å². The van der Waals surface area contributed by atoms with Crippen LogP contribution in [0.25, 0.3) is 0 Å². The Kier molecular flexibility index (Phi) is 6.11. The third-order valence-electron chi connectivity index (χ3n) is 4.50. The van der Waals surface area contributed by atoms with Gasteiger partial charge in [0, 0.05) is 38.8 Å². The molecule has 1 aromatic heterocycles. The molecule has 1 fully saturated rings. The lowest BCUT2D eigenvalue weighted by molar-refractivity contribution is -0.138. The average molecular weight is 369 g/mol. The van der Waals surface area contributed by atoms with E-state index in [9.17, 15) is 4.79 Å². The number of nitrogens with zero attached hydrogens (tertiary/aromatic N) is 4. The van der Waals surface area contributed by atoms with Crippen LogP contribution in [0.3, 0.4) is 0 Å². The highest BCUT2D eigenvalue weighted by Gasteiger charge is 2.26. The molecule has 2 aromatic rings. The fourth-order valence-corrected chi connectivity index (χ4v) is 3.15. The summed E-state index contributed by atoms with van der Waals surface area (Å²) in [5.41, 5.74) is 0. The quantitative estimate of drug-likeness (QED) is 0.843. The van der Waals surface area contributed by atoms with Gasteiger partial charge in [0.1, 0.15) is 23.2 Å². The number of hydrogen-bond donors (Lipinski definition) is 1. The third-order valence-corrected chi connectivity index (χ3v) is 4.50. The van der Waals surface area contributed by atoms with E-state index in [4.69, 9.17) is 4.74 Å². The molecule has 27 heavy (non-hydrogen) atoms. The number of aryl methyl sites for hydroxylation is 1. The molecular formula is C20H27N5O2. The van der Waals surface area contributed by atoms with Crippen molar-refractivity contribution < 1.29 is 9.53 Å². The lowest BCUT2D eigenvalue weighted by Gasteiger charge is -2.36. The molecule has 7 nitrogen and oxygen atoms in total. The number of carbonyl (C=O) groups is 1. The maximum absolute atomic E-state index is 12.7. The molecule has 0 unspecified atom stereocenters. The first-order valence-corrected chi connectivity index (χ1v) is 9.42. The summed E-state index contributed by atoms with van der Waals surface area (Å²) < 4.78 is 5.77. The molecule has 1 N–H and O–H groups in total. The van der Waals surface area contributed by atoms with Gasteiger partial charge in [-0.1, -0.05) is 18.2 Å². The van der Waals surface area contributed by atoms with Gasteiger partial charge in [-0.2, -0.15) is 0 Å². The molecular weight excluding hydrogens is 342 g/mol. The number of nitrogens with one attached hydrogen (secondary N) is 1. The minimum atomic E-state index is -0.499. The molecule has 0 spiro atoms. The van der Waals surface area contributed by atoms with Crippen molar-refractivity contribution >= 4 is 17.5 Å². The van der Waals surface area contributed by atoms with E-state index in [-0.39, 0.29) is 5.91 Å². The number of rotatable bonds is 6. The summed E-state index contributed by atoms with van der Waals surface area (Å²) in [7, 11) is 0. The first-order valence-electron chi connectivity index (χ1n) is 9.42. The van der Waals surface area contributed by atoms with Crippen LogP contribution >= 0.6 is 0 Å². The van der Waals surface area contributed by atoms with E-state index in [0.29, 0.717) is 18.8 Å². The van der Waals surface area contributed by atoms with E-state index in [0.717, 1.165) is 37.1 Å². The van der Waals surface area contributed by atoms with Crippen LogP contribution in [0.15, 0.2) is 36.4 Å². The Morgan fingerprint density at radius 1 is 1.19 bits per heavy atom. The van der Waals surface area contributed by atoms with Crippen LogP contribution in [-0.2, 0) is 4.79 Å². The van der Waals surface area contributed by atoms with Crippen LogP contribution in [0.2, 0.25) is 0 Å². The maximum Gasteiger partial charge on any atom is 0.263 e. The Morgan fingerprint density at radius 3 is 2.56 bits per heavy atom.